The molecule has 0 saturated carbocycles. The third-order valence-corrected chi connectivity index (χ3v) is 8.06. The first-order chi connectivity index (χ1) is 16.2. The normalized spacial score (nSPS) is 16.1. The van der Waals surface area contributed by atoms with Gasteiger partial charge in [-0.25, -0.2) is 9.78 Å². The summed E-state index contributed by atoms with van der Waals surface area (Å²) in [5.41, 5.74) is 2.01. The third-order valence-electron chi connectivity index (χ3n) is 5.73. The molecule has 0 aliphatic heterocycles. The zero-order chi connectivity index (χ0) is 24.3. The second kappa shape index (κ2) is 10.4. The fourth-order valence-electron chi connectivity index (χ4n) is 3.97. The standard InChI is InChI=1S/C25H24F3NO3S2/c1-15-12-19(10-11-20(15)32-13-22(30)31)33-14-17-4-2-3-5-21-23(17)29-24(34-21)16-6-8-18(9-7-16)25(26,27)28/h6-12,17H,2-5,13-14H2,1H3,(H,30,31)/t17-/m0/s1. The van der Waals surface area contributed by atoms with Crippen molar-refractivity contribution < 1.29 is 27.8 Å². The Labute approximate surface area is 204 Å². The van der Waals surface area contributed by atoms with Gasteiger partial charge >= 0.3 is 12.1 Å². The van der Waals surface area contributed by atoms with Crippen LogP contribution in [0.15, 0.2) is 47.4 Å². The third kappa shape index (κ3) is 5.93. The van der Waals surface area contributed by atoms with Crippen LogP contribution in [0, 0.1) is 6.92 Å². The number of aryl methyl sites for hydroxylation is 2. The summed E-state index contributed by atoms with van der Waals surface area (Å²) >= 11 is 3.31. The monoisotopic (exact) mass is 507 g/mol. The number of aromatic nitrogens is 1. The maximum Gasteiger partial charge on any atom is 0.416 e. The highest BCUT2D eigenvalue weighted by Crippen LogP contribution is 2.40. The Bertz CT molecular complexity index is 1160. The number of halogens is 3. The second-order valence-electron chi connectivity index (χ2n) is 8.27. The van der Waals surface area contributed by atoms with Crippen molar-refractivity contribution in [2.75, 3.05) is 12.4 Å². The molecule has 0 spiro atoms. The number of hydrogen-bond acceptors (Lipinski definition) is 5. The van der Waals surface area contributed by atoms with E-state index >= 15 is 0 Å². The van der Waals surface area contributed by atoms with Crippen molar-refractivity contribution in [3.63, 3.8) is 0 Å². The number of rotatable bonds is 7. The number of carboxylic acids is 1. The van der Waals surface area contributed by atoms with Gasteiger partial charge in [-0.05, 0) is 62.1 Å². The van der Waals surface area contributed by atoms with E-state index in [-0.39, 0.29) is 12.5 Å². The number of fused-ring (bicyclic) bond motifs is 1. The molecule has 0 saturated heterocycles. The van der Waals surface area contributed by atoms with Crippen molar-refractivity contribution in [2.45, 2.75) is 49.6 Å². The van der Waals surface area contributed by atoms with E-state index in [2.05, 4.69) is 0 Å². The molecule has 4 rings (SSSR count). The number of thioether (sulfide) groups is 1. The summed E-state index contributed by atoms with van der Waals surface area (Å²) in [4.78, 5) is 17.9. The van der Waals surface area contributed by atoms with Crippen LogP contribution in [0.2, 0.25) is 0 Å². The van der Waals surface area contributed by atoms with Crippen molar-refractivity contribution in [3.05, 3.63) is 64.2 Å². The Kier molecular flexibility index (Phi) is 7.52. The summed E-state index contributed by atoms with van der Waals surface area (Å²) < 4.78 is 44.0. The Morgan fingerprint density at radius 1 is 1.21 bits per heavy atom. The molecule has 4 nitrogen and oxygen atoms in total. The summed E-state index contributed by atoms with van der Waals surface area (Å²) in [6.07, 6.45) is -0.180. The maximum atomic E-state index is 12.9. The highest BCUT2D eigenvalue weighted by molar-refractivity contribution is 7.99. The van der Waals surface area contributed by atoms with E-state index in [1.165, 1.54) is 17.0 Å². The van der Waals surface area contributed by atoms with Crippen LogP contribution in [0.25, 0.3) is 10.6 Å². The van der Waals surface area contributed by atoms with Gasteiger partial charge in [0.25, 0.3) is 0 Å². The Morgan fingerprint density at radius 3 is 2.65 bits per heavy atom. The number of benzene rings is 2. The van der Waals surface area contributed by atoms with Crippen molar-refractivity contribution >= 4 is 29.1 Å². The quantitative estimate of drug-likeness (QED) is 0.271. The van der Waals surface area contributed by atoms with E-state index in [0.717, 1.165) is 64.7 Å². The topological polar surface area (TPSA) is 59.4 Å². The van der Waals surface area contributed by atoms with Crippen molar-refractivity contribution in [2.24, 2.45) is 0 Å². The molecule has 0 bridgehead atoms. The van der Waals surface area contributed by atoms with E-state index in [9.17, 15) is 18.0 Å². The van der Waals surface area contributed by atoms with Gasteiger partial charge in [0.1, 0.15) is 10.8 Å². The number of nitrogens with zero attached hydrogens (tertiary/aromatic N) is 1. The molecular weight excluding hydrogens is 483 g/mol. The number of carbonyl (C=O) groups is 1. The first kappa shape index (κ1) is 24.6. The smallest absolute Gasteiger partial charge is 0.416 e. The molecule has 0 unspecified atom stereocenters. The van der Waals surface area contributed by atoms with Crippen LogP contribution >= 0.6 is 23.1 Å². The Morgan fingerprint density at radius 2 is 1.97 bits per heavy atom. The Balaban J connectivity index is 1.48. The molecule has 1 atom stereocenters. The van der Waals surface area contributed by atoms with Gasteiger partial charge in [0.05, 0.1) is 11.3 Å². The molecule has 1 N–H and O–H groups in total. The lowest BCUT2D eigenvalue weighted by atomic mass is 10.0. The van der Waals surface area contributed by atoms with E-state index < -0.39 is 17.7 Å². The molecule has 3 aromatic rings. The number of aliphatic carboxylic acids is 1. The summed E-state index contributed by atoms with van der Waals surface area (Å²) in [6.45, 7) is 1.52. The van der Waals surface area contributed by atoms with Crippen LogP contribution in [0.4, 0.5) is 13.2 Å². The van der Waals surface area contributed by atoms with E-state index in [0.29, 0.717) is 11.3 Å². The fourth-order valence-corrected chi connectivity index (χ4v) is 6.31. The molecule has 1 aliphatic rings. The molecule has 1 heterocycles. The van der Waals surface area contributed by atoms with Crippen LogP contribution in [0.3, 0.4) is 0 Å². The minimum atomic E-state index is -4.35. The summed E-state index contributed by atoms with van der Waals surface area (Å²) in [6, 6.07) is 11.0. The molecule has 0 amide bonds. The van der Waals surface area contributed by atoms with Crippen LogP contribution in [-0.2, 0) is 17.4 Å². The van der Waals surface area contributed by atoms with Crippen molar-refractivity contribution in [3.8, 4) is 16.3 Å². The number of thiazole rings is 1. The zero-order valence-corrected chi connectivity index (χ0v) is 20.2. The SMILES string of the molecule is Cc1cc(SC[C@@H]2CCCCc3sc(-c4ccc(C(F)(F)F)cc4)nc32)ccc1OCC(=O)O. The van der Waals surface area contributed by atoms with E-state index in [4.69, 9.17) is 14.8 Å². The number of ether oxygens (including phenoxy) is 1. The molecule has 1 aromatic heterocycles. The van der Waals surface area contributed by atoms with Gasteiger partial charge in [-0.15, -0.1) is 23.1 Å². The lowest BCUT2D eigenvalue weighted by molar-refractivity contribution is -0.139. The van der Waals surface area contributed by atoms with Gasteiger partial charge in [-0.1, -0.05) is 18.6 Å². The largest absolute Gasteiger partial charge is 0.482 e. The van der Waals surface area contributed by atoms with Gasteiger partial charge < -0.3 is 9.84 Å². The van der Waals surface area contributed by atoms with Crippen molar-refractivity contribution in [1.29, 1.82) is 0 Å². The van der Waals surface area contributed by atoms with Crippen LogP contribution < -0.4 is 4.74 Å². The van der Waals surface area contributed by atoms with E-state index in [1.807, 2.05) is 19.1 Å². The minimum Gasteiger partial charge on any atom is -0.482 e. The molecule has 9 heteroatoms. The molecular formula is C25H24F3NO3S2. The lowest BCUT2D eigenvalue weighted by Crippen LogP contribution is -2.10. The van der Waals surface area contributed by atoms with Crippen LogP contribution in [0.1, 0.15) is 46.9 Å². The average Bonchev–Trinajstić information content (AvgIpc) is 3.12. The van der Waals surface area contributed by atoms with Gasteiger partial charge in [0.15, 0.2) is 6.61 Å². The number of alkyl halides is 3. The molecule has 0 radical (unpaired) electrons. The molecule has 180 valence electrons. The fraction of sp³-hybridized carbons (Fsp3) is 0.360. The van der Waals surface area contributed by atoms with Gasteiger partial charge in [0.2, 0.25) is 0 Å². The first-order valence-corrected chi connectivity index (χ1v) is 12.8. The van der Waals surface area contributed by atoms with Gasteiger partial charge in [-0.3, -0.25) is 0 Å². The van der Waals surface area contributed by atoms with E-state index in [1.54, 1.807) is 29.2 Å². The molecule has 2 aromatic carbocycles. The molecule has 1 aliphatic carbocycles. The second-order valence-corrected chi connectivity index (χ2v) is 10.4. The zero-order valence-electron chi connectivity index (χ0n) is 18.5. The first-order valence-electron chi connectivity index (χ1n) is 11.0. The summed E-state index contributed by atoms with van der Waals surface area (Å²) in [5.74, 6) is 0.660. The number of carboxylic acid groups (broad SMARTS) is 1. The average molecular weight is 508 g/mol. The summed E-state index contributed by atoms with van der Waals surface area (Å²) in [5, 5.41) is 9.56. The lowest BCUT2D eigenvalue weighted by Gasteiger charge is -2.14. The number of hydrogen-bond donors (Lipinski definition) is 1. The van der Waals surface area contributed by atoms with Gasteiger partial charge in [0, 0.05) is 27.0 Å². The highest BCUT2D eigenvalue weighted by atomic mass is 32.2. The summed E-state index contributed by atoms with van der Waals surface area (Å²) in [7, 11) is 0. The predicted molar refractivity (Wildman–Crippen MR) is 128 cm³/mol. The minimum absolute atomic E-state index is 0.269. The maximum absolute atomic E-state index is 12.9. The van der Waals surface area contributed by atoms with Crippen LogP contribution in [0.5, 0.6) is 5.75 Å². The predicted octanol–water partition coefficient (Wildman–Crippen LogP) is 7.20. The Hall–Kier alpha value is -2.52. The highest BCUT2D eigenvalue weighted by Gasteiger charge is 2.30. The van der Waals surface area contributed by atoms with Gasteiger partial charge in [-0.2, -0.15) is 13.2 Å². The van der Waals surface area contributed by atoms with Crippen LogP contribution in [-0.4, -0.2) is 28.4 Å². The molecule has 34 heavy (non-hydrogen) atoms. The molecule has 0 fully saturated rings. The van der Waals surface area contributed by atoms with Crippen molar-refractivity contribution in [1.82, 2.24) is 4.98 Å².